The van der Waals surface area contributed by atoms with Gasteiger partial charge in [0.05, 0.1) is 11.2 Å². The summed E-state index contributed by atoms with van der Waals surface area (Å²) in [6, 6.07) is 18.0. The van der Waals surface area contributed by atoms with Crippen LogP contribution in [0.25, 0.3) is 39.7 Å². The molecular weight excluding hydrogens is 340 g/mol. The molecule has 7 heteroatoms. The number of aryl methyl sites for hydroxylation is 2. The summed E-state index contributed by atoms with van der Waals surface area (Å²) in [5.74, 6) is 0.802. The van der Waals surface area contributed by atoms with E-state index in [0.717, 1.165) is 22.3 Å². The van der Waals surface area contributed by atoms with E-state index in [-0.39, 0.29) is 0 Å². The molecule has 3 heterocycles. The van der Waals surface area contributed by atoms with Crippen LogP contribution in [0.5, 0.6) is 0 Å². The molecule has 5 aromatic rings. The summed E-state index contributed by atoms with van der Waals surface area (Å²) < 4.78 is 7.32. The van der Waals surface area contributed by atoms with E-state index >= 15 is 0 Å². The number of rotatable bonds is 3. The van der Waals surface area contributed by atoms with Crippen molar-refractivity contribution in [2.75, 3.05) is 0 Å². The molecule has 0 spiro atoms. The Morgan fingerprint density at radius 2 is 1.81 bits per heavy atom. The van der Waals surface area contributed by atoms with Crippen molar-refractivity contribution in [3.8, 4) is 28.8 Å². The molecule has 1 N–H and O–H groups in total. The number of aromatic nitrogens is 6. The van der Waals surface area contributed by atoms with Crippen LogP contribution < -0.4 is 0 Å². The zero-order valence-corrected chi connectivity index (χ0v) is 14.8. The van der Waals surface area contributed by atoms with Gasteiger partial charge >= 0.3 is 0 Å². The van der Waals surface area contributed by atoms with E-state index in [1.54, 1.807) is 0 Å². The number of nitrogens with zero attached hydrogens (tertiary/aromatic N) is 5. The van der Waals surface area contributed by atoms with Gasteiger partial charge in [-0.15, -0.1) is 0 Å². The molecule has 5 rings (SSSR count). The second-order valence-corrected chi connectivity index (χ2v) is 6.46. The molecule has 0 saturated heterocycles. The molecule has 0 unspecified atom stereocenters. The number of H-pyrrole nitrogens is 1. The molecule has 0 aliphatic rings. The summed E-state index contributed by atoms with van der Waals surface area (Å²) in [6.45, 7) is 4.05. The average molecular weight is 356 g/mol. The molecule has 0 saturated carbocycles. The Labute approximate surface area is 154 Å². The van der Waals surface area contributed by atoms with E-state index in [9.17, 15) is 0 Å². The monoisotopic (exact) mass is 356 g/mol. The second kappa shape index (κ2) is 5.91. The lowest BCUT2D eigenvalue weighted by Gasteiger charge is -2.03. The van der Waals surface area contributed by atoms with Gasteiger partial charge in [0.1, 0.15) is 5.69 Å². The summed E-state index contributed by atoms with van der Waals surface area (Å²) in [7, 11) is 0. The number of nitrogens with one attached hydrogen (secondary N) is 1. The maximum atomic E-state index is 5.46. The molecule has 0 atom stereocenters. The van der Waals surface area contributed by atoms with Crippen molar-refractivity contribution in [1.29, 1.82) is 0 Å². The van der Waals surface area contributed by atoms with Gasteiger partial charge in [0, 0.05) is 11.1 Å². The van der Waals surface area contributed by atoms with Gasteiger partial charge in [-0.05, 0) is 38.1 Å². The molecule has 3 aromatic heterocycles. The van der Waals surface area contributed by atoms with Crippen LogP contribution in [0.1, 0.15) is 11.3 Å². The van der Waals surface area contributed by atoms with Crippen LogP contribution in [0.3, 0.4) is 0 Å². The smallest absolute Gasteiger partial charge is 0.278 e. The minimum atomic E-state index is 0.367. The number of para-hydroxylation sites is 1. The fourth-order valence-electron chi connectivity index (χ4n) is 3.08. The molecule has 7 nitrogen and oxygen atoms in total. The molecule has 0 aliphatic heterocycles. The van der Waals surface area contributed by atoms with Crippen molar-refractivity contribution in [2.45, 2.75) is 13.8 Å². The highest BCUT2D eigenvalue weighted by atomic mass is 16.5. The van der Waals surface area contributed by atoms with Crippen LogP contribution in [0, 0.1) is 13.8 Å². The fourth-order valence-corrected chi connectivity index (χ4v) is 3.08. The van der Waals surface area contributed by atoms with Crippen LogP contribution in [0.4, 0.5) is 0 Å². The van der Waals surface area contributed by atoms with Crippen molar-refractivity contribution in [1.82, 2.24) is 30.1 Å². The van der Waals surface area contributed by atoms with Gasteiger partial charge in [-0.25, -0.2) is 4.68 Å². The van der Waals surface area contributed by atoms with E-state index < -0.39 is 0 Å². The molecule has 0 fully saturated rings. The van der Waals surface area contributed by atoms with Crippen LogP contribution in [-0.4, -0.2) is 30.1 Å². The van der Waals surface area contributed by atoms with Gasteiger partial charge in [-0.2, -0.15) is 15.2 Å². The molecule has 0 radical (unpaired) electrons. The third-order valence-electron chi connectivity index (χ3n) is 4.49. The van der Waals surface area contributed by atoms with Crippen LogP contribution in [0.15, 0.2) is 59.1 Å². The first-order valence-electron chi connectivity index (χ1n) is 8.60. The summed E-state index contributed by atoms with van der Waals surface area (Å²) in [5.41, 5.74) is 5.40. The molecule has 0 bridgehead atoms. The van der Waals surface area contributed by atoms with Crippen molar-refractivity contribution in [2.24, 2.45) is 0 Å². The minimum absolute atomic E-state index is 0.367. The van der Waals surface area contributed by atoms with E-state index in [1.165, 1.54) is 5.56 Å². The van der Waals surface area contributed by atoms with Crippen molar-refractivity contribution in [3.63, 3.8) is 0 Å². The highest BCUT2D eigenvalue weighted by Gasteiger charge is 2.18. The lowest BCUT2D eigenvalue weighted by molar-refractivity contribution is 0.430. The molecule has 0 amide bonds. The van der Waals surface area contributed by atoms with Crippen LogP contribution in [-0.2, 0) is 0 Å². The number of aromatic amines is 1. The van der Waals surface area contributed by atoms with E-state index in [2.05, 4.69) is 44.5 Å². The second-order valence-electron chi connectivity index (χ2n) is 6.46. The van der Waals surface area contributed by atoms with Crippen molar-refractivity contribution in [3.05, 3.63) is 65.9 Å². The first-order valence-corrected chi connectivity index (χ1v) is 8.60. The number of hydrogen-bond acceptors (Lipinski definition) is 5. The first-order chi connectivity index (χ1) is 13.2. The van der Waals surface area contributed by atoms with Crippen LogP contribution >= 0.6 is 0 Å². The van der Waals surface area contributed by atoms with Gasteiger partial charge < -0.3 is 4.52 Å². The predicted octanol–water partition coefficient (Wildman–Crippen LogP) is 4.08. The summed E-state index contributed by atoms with van der Waals surface area (Å²) >= 11 is 0. The standard InChI is InChI=1S/C20H16N6O/c1-12-7-9-14(10-8-12)26-13(2)11-17(24-26)20-21-19(25-27-20)18-15-5-3-4-6-16(15)22-23-18/h3-11H,1-2H3,(H,22,23). The molecule has 2 aromatic carbocycles. The third-order valence-corrected chi connectivity index (χ3v) is 4.49. The maximum absolute atomic E-state index is 5.46. The van der Waals surface area contributed by atoms with Gasteiger partial charge in [0.25, 0.3) is 5.89 Å². The van der Waals surface area contributed by atoms with Crippen LogP contribution in [0.2, 0.25) is 0 Å². The Kier molecular flexibility index (Phi) is 3.39. The zero-order chi connectivity index (χ0) is 18.4. The van der Waals surface area contributed by atoms with E-state index in [0.29, 0.717) is 23.1 Å². The average Bonchev–Trinajstić information content (AvgIpc) is 3.39. The number of benzene rings is 2. The zero-order valence-electron chi connectivity index (χ0n) is 14.8. The Bertz CT molecular complexity index is 1250. The number of fused-ring (bicyclic) bond motifs is 1. The molecule has 132 valence electrons. The Morgan fingerprint density at radius 3 is 2.67 bits per heavy atom. The summed E-state index contributed by atoms with van der Waals surface area (Å²) in [5, 5.41) is 17.0. The lowest BCUT2D eigenvalue weighted by atomic mass is 10.2. The number of hydrogen-bond donors (Lipinski definition) is 1. The summed E-state index contributed by atoms with van der Waals surface area (Å²) in [6.07, 6.45) is 0. The van der Waals surface area contributed by atoms with Crippen molar-refractivity contribution < 1.29 is 4.52 Å². The highest BCUT2D eigenvalue weighted by Crippen LogP contribution is 2.26. The summed E-state index contributed by atoms with van der Waals surface area (Å²) in [4.78, 5) is 4.50. The van der Waals surface area contributed by atoms with Gasteiger partial charge in [0.15, 0.2) is 5.69 Å². The maximum Gasteiger partial charge on any atom is 0.278 e. The fraction of sp³-hybridized carbons (Fsp3) is 0.100. The Morgan fingerprint density at radius 1 is 1.00 bits per heavy atom. The quantitative estimate of drug-likeness (QED) is 0.526. The SMILES string of the molecule is Cc1ccc(-n2nc(-c3nc(-c4n[nH]c5ccccc45)no3)cc2C)cc1. The molecule has 27 heavy (non-hydrogen) atoms. The molecule has 0 aliphatic carbocycles. The van der Waals surface area contributed by atoms with Gasteiger partial charge in [0.2, 0.25) is 5.82 Å². The Balaban J connectivity index is 1.53. The Hall–Kier alpha value is -3.74. The van der Waals surface area contributed by atoms with Crippen molar-refractivity contribution >= 4 is 10.9 Å². The third kappa shape index (κ3) is 2.60. The highest BCUT2D eigenvalue weighted by molar-refractivity contribution is 5.91. The topological polar surface area (TPSA) is 85.4 Å². The minimum Gasteiger partial charge on any atom is -0.332 e. The predicted molar refractivity (Wildman–Crippen MR) is 101 cm³/mol. The van der Waals surface area contributed by atoms with Gasteiger partial charge in [-0.1, -0.05) is 41.1 Å². The largest absolute Gasteiger partial charge is 0.332 e. The van der Waals surface area contributed by atoms with E-state index in [1.807, 2.05) is 54.1 Å². The molecular formula is C20H16N6O. The normalized spacial score (nSPS) is 11.3. The van der Waals surface area contributed by atoms with Gasteiger partial charge in [-0.3, -0.25) is 5.10 Å². The van der Waals surface area contributed by atoms with E-state index in [4.69, 9.17) is 4.52 Å². The lowest BCUT2D eigenvalue weighted by Crippen LogP contribution is -1.98. The first kappa shape index (κ1) is 15.5.